The summed E-state index contributed by atoms with van der Waals surface area (Å²) in [5.74, 6) is 0.241. The molecule has 2 aromatic heterocycles. The number of rotatable bonds is 3. The standard InChI is InChI=1S/C23H20FN5O2/c24-17-5-7-18(8-6-17)29-22(30)10-9-21(26-29)27-11-13-28(14-12-27)23(31)20-15-16-3-1-2-4-19(16)25-20/h1-10,15,25H,11-14H2. The number of aromatic nitrogens is 3. The maximum Gasteiger partial charge on any atom is 0.271 e. The number of halogens is 1. The highest BCUT2D eigenvalue weighted by atomic mass is 19.1. The Hall–Kier alpha value is -3.94. The summed E-state index contributed by atoms with van der Waals surface area (Å²) in [6.07, 6.45) is 0. The topological polar surface area (TPSA) is 74.2 Å². The minimum absolute atomic E-state index is 0.0277. The minimum Gasteiger partial charge on any atom is -0.352 e. The Morgan fingerprint density at radius 2 is 1.68 bits per heavy atom. The second-order valence-electron chi connectivity index (χ2n) is 7.47. The molecule has 0 unspecified atom stereocenters. The van der Waals surface area contributed by atoms with Gasteiger partial charge in [0.2, 0.25) is 0 Å². The molecule has 3 heterocycles. The van der Waals surface area contributed by atoms with E-state index in [0.29, 0.717) is 43.4 Å². The zero-order chi connectivity index (χ0) is 21.4. The second-order valence-corrected chi connectivity index (χ2v) is 7.47. The van der Waals surface area contributed by atoms with Crippen LogP contribution in [-0.2, 0) is 0 Å². The molecule has 0 saturated carbocycles. The molecule has 1 fully saturated rings. The average Bonchev–Trinajstić information content (AvgIpc) is 3.24. The summed E-state index contributed by atoms with van der Waals surface area (Å²) in [5.41, 5.74) is 1.73. The lowest BCUT2D eigenvalue weighted by molar-refractivity contribution is 0.0741. The van der Waals surface area contributed by atoms with E-state index >= 15 is 0 Å². The number of H-pyrrole nitrogens is 1. The lowest BCUT2D eigenvalue weighted by Gasteiger charge is -2.35. The molecule has 7 nitrogen and oxygen atoms in total. The molecule has 5 rings (SSSR count). The van der Waals surface area contributed by atoms with E-state index in [4.69, 9.17) is 0 Å². The molecule has 4 aromatic rings. The van der Waals surface area contributed by atoms with E-state index in [1.54, 1.807) is 6.07 Å². The highest BCUT2D eigenvalue weighted by molar-refractivity contribution is 5.98. The van der Waals surface area contributed by atoms with Gasteiger partial charge in [0.25, 0.3) is 11.5 Å². The SMILES string of the molecule is O=C(c1cc2ccccc2[nH]1)N1CCN(c2ccc(=O)n(-c3ccc(F)cc3)n2)CC1. The zero-order valence-electron chi connectivity index (χ0n) is 16.7. The Balaban J connectivity index is 1.31. The predicted molar refractivity (Wildman–Crippen MR) is 116 cm³/mol. The van der Waals surface area contributed by atoms with E-state index in [-0.39, 0.29) is 17.3 Å². The third-order valence-corrected chi connectivity index (χ3v) is 5.51. The summed E-state index contributed by atoms with van der Waals surface area (Å²) >= 11 is 0. The maximum absolute atomic E-state index is 13.2. The van der Waals surface area contributed by atoms with Crippen LogP contribution in [0.1, 0.15) is 10.5 Å². The van der Waals surface area contributed by atoms with Gasteiger partial charge in [0.05, 0.1) is 5.69 Å². The number of aromatic amines is 1. The number of amides is 1. The van der Waals surface area contributed by atoms with Crippen LogP contribution in [0, 0.1) is 5.82 Å². The van der Waals surface area contributed by atoms with Crippen LogP contribution in [0.4, 0.5) is 10.2 Å². The van der Waals surface area contributed by atoms with Gasteiger partial charge < -0.3 is 14.8 Å². The molecule has 1 amide bonds. The lowest BCUT2D eigenvalue weighted by atomic mass is 10.2. The van der Waals surface area contributed by atoms with E-state index in [2.05, 4.69) is 10.1 Å². The quantitative estimate of drug-likeness (QED) is 0.556. The van der Waals surface area contributed by atoms with Gasteiger partial charge in [-0.15, -0.1) is 5.10 Å². The van der Waals surface area contributed by atoms with Gasteiger partial charge in [-0.25, -0.2) is 4.39 Å². The average molecular weight is 417 g/mol. The van der Waals surface area contributed by atoms with E-state index in [1.807, 2.05) is 40.1 Å². The number of carbonyl (C=O) groups excluding carboxylic acids is 1. The van der Waals surface area contributed by atoms with Crippen LogP contribution in [0.5, 0.6) is 0 Å². The number of fused-ring (bicyclic) bond motifs is 1. The third kappa shape index (κ3) is 3.68. The number of benzene rings is 2. The summed E-state index contributed by atoms with van der Waals surface area (Å²) in [5, 5.41) is 5.46. The monoisotopic (exact) mass is 417 g/mol. The van der Waals surface area contributed by atoms with Gasteiger partial charge in [-0.1, -0.05) is 18.2 Å². The molecule has 2 aromatic carbocycles. The first kappa shape index (κ1) is 19.0. The van der Waals surface area contributed by atoms with Crippen molar-refractivity contribution in [3.63, 3.8) is 0 Å². The Morgan fingerprint density at radius 3 is 2.42 bits per heavy atom. The van der Waals surface area contributed by atoms with Crippen molar-refractivity contribution in [2.24, 2.45) is 0 Å². The number of hydrogen-bond acceptors (Lipinski definition) is 4. The van der Waals surface area contributed by atoms with E-state index in [9.17, 15) is 14.0 Å². The Labute approximate surface area is 177 Å². The minimum atomic E-state index is -0.372. The van der Waals surface area contributed by atoms with Crippen LogP contribution in [-0.4, -0.2) is 51.8 Å². The molecule has 0 bridgehead atoms. The number of hydrogen-bond donors (Lipinski definition) is 1. The van der Waals surface area contributed by atoms with Gasteiger partial charge in [0.1, 0.15) is 17.3 Å². The van der Waals surface area contributed by atoms with Crippen LogP contribution >= 0.6 is 0 Å². The Kier molecular flexibility index (Phi) is 4.74. The summed E-state index contributed by atoms with van der Waals surface area (Å²) in [6.45, 7) is 2.29. The molecule has 8 heteroatoms. The summed E-state index contributed by atoms with van der Waals surface area (Å²) in [6, 6.07) is 18.4. The van der Waals surface area contributed by atoms with Gasteiger partial charge in [-0.2, -0.15) is 4.68 Å². The highest BCUT2D eigenvalue weighted by Crippen LogP contribution is 2.18. The van der Waals surface area contributed by atoms with Crippen molar-refractivity contribution < 1.29 is 9.18 Å². The summed E-state index contributed by atoms with van der Waals surface area (Å²) < 4.78 is 14.5. The largest absolute Gasteiger partial charge is 0.352 e. The van der Waals surface area contributed by atoms with Crippen LogP contribution in [0.25, 0.3) is 16.6 Å². The molecule has 1 aliphatic heterocycles. The number of para-hydroxylation sites is 1. The van der Waals surface area contributed by atoms with Crippen LogP contribution < -0.4 is 10.5 Å². The van der Waals surface area contributed by atoms with Crippen molar-refractivity contribution >= 4 is 22.6 Å². The fourth-order valence-electron chi connectivity index (χ4n) is 3.83. The van der Waals surface area contributed by atoms with Crippen LogP contribution in [0.3, 0.4) is 0 Å². The Morgan fingerprint density at radius 1 is 0.935 bits per heavy atom. The third-order valence-electron chi connectivity index (χ3n) is 5.51. The molecule has 1 saturated heterocycles. The molecule has 0 spiro atoms. The fraction of sp³-hybridized carbons (Fsp3) is 0.174. The van der Waals surface area contributed by atoms with Crippen molar-refractivity contribution in [1.29, 1.82) is 0 Å². The van der Waals surface area contributed by atoms with E-state index in [1.165, 1.54) is 35.0 Å². The van der Waals surface area contributed by atoms with Gasteiger partial charge >= 0.3 is 0 Å². The highest BCUT2D eigenvalue weighted by Gasteiger charge is 2.24. The number of piperazine rings is 1. The van der Waals surface area contributed by atoms with Crippen molar-refractivity contribution in [3.05, 3.63) is 88.6 Å². The van der Waals surface area contributed by atoms with Gasteiger partial charge in [0.15, 0.2) is 0 Å². The number of nitrogens with zero attached hydrogens (tertiary/aromatic N) is 4. The van der Waals surface area contributed by atoms with E-state index in [0.717, 1.165) is 10.9 Å². The van der Waals surface area contributed by atoms with Crippen molar-refractivity contribution in [1.82, 2.24) is 19.7 Å². The van der Waals surface area contributed by atoms with Crippen LogP contribution in [0.15, 0.2) is 71.5 Å². The van der Waals surface area contributed by atoms with Gasteiger partial charge in [-0.05, 0) is 42.5 Å². The molecule has 0 atom stereocenters. The normalized spacial score (nSPS) is 14.2. The number of carbonyl (C=O) groups is 1. The zero-order valence-corrected chi connectivity index (χ0v) is 16.7. The Bertz CT molecular complexity index is 1270. The molecule has 1 N–H and O–H groups in total. The van der Waals surface area contributed by atoms with Crippen molar-refractivity contribution in [3.8, 4) is 5.69 Å². The first-order valence-electron chi connectivity index (χ1n) is 10.1. The number of anilines is 1. The maximum atomic E-state index is 13.2. The van der Waals surface area contributed by atoms with Gasteiger partial charge in [-0.3, -0.25) is 9.59 Å². The van der Waals surface area contributed by atoms with Crippen LogP contribution in [0.2, 0.25) is 0 Å². The van der Waals surface area contributed by atoms with E-state index < -0.39 is 0 Å². The molecule has 156 valence electrons. The van der Waals surface area contributed by atoms with Crippen molar-refractivity contribution in [2.45, 2.75) is 0 Å². The summed E-state index contributed by atoms with van der Waals surface area (Å²) in [7, 11) is 0. The molecular formula is C23H20FN5O2. The molecule has 31 heavy (non-hydrogen) atoms. The molecule has 1 aliphatic rings. The molecular weight excluding hydrogens is 397 g/mol. The fourth-order valence-corrected chi connectivity index (χ4v) is 3.83. The first-order valence-corrected chi connectivity index (χ1v) is 10.1. The smallest absolute Gasteiger partial charge is 0.271 e. The second kappa shape index (κ2) is 7.71. The molecule has 0 aliphatic carbocycles. The lowest BCUT2D eigenvalue weighted by Crippen LogP contribution is -2.49. The van der Waals surface area contributed by atoms with Gasteiger partial charge in [0, 0.05) is 43.1 Å². The molecule has 0 radical (unpaired) electrons. The number of nitrogens with one attached hydrogen (secondary N) is 1. The van der Waals surface area contributed by atoms with Crippen molar-refractivity contribution in [2.75, 3.05) is 31.1 Å². The first-order chi connectivity index (χ1) is 15.1. The summed E-state index contributed by atoms with van der Waals surface area (Å²) in [4.78, 5) is 32.2. The predicted octanol–water partition coefficient (Wildman–Crippen LogP) is 2.82.